The third kappa shape index (κ3) is 2.49. The number of hydrogen-bond donors (Lipinski definition) is 2. The van der Waals surface area contributed by atoms with Crippen LogP contribution < -0.4 is 0 Å². The Labute approximate surface area is 111 Å². The van der Waals surface area contributed by atoms with Gasteiger partial charge in [0.2, 0.25) is 0 Å². The Morgan fingerprint density at radius 3 is 2.10 bits per heavy atom. The van der Waals surface area contributed by atoms with Crippen LogP contribution in [0.3, 0.4) is 0 Å². The van der Waals surface area contributed by atoms with Crippen molar-refractivity contribution in [1.82, 2.24) is 0 Å². The van der Waals surface area contributed by atoms with Crippen LogP contribution in [0.5, 0.6) is 0 Å². The molecule has 0 bridgehead atoms. The van der Waals surface area contributed by atoms with Gasteiger partial charge in [-0.3, -0.25) is 0 Å². The Morgan fingerprint density at radius 2 is 1.50 bits per heavy atom. The summed E-state index contributed by atoms with van der Waals surface area (Å²) in [5.41, 5.74) is -0.776. The number of halogens is 2. The van der Waals surface area contributed by atoms with Crippen LogP contribution in [0.2, 0.25) is 0 Å². The van der Waals surface area contributed by atoms with E-state index in [4.69, 9.17) is 10.2 Å². The SMILES string of the molecule is O=C(O)c1ccc(F)c(-c2ccc(F)c(C(=O)O)c2)c1. The van der Waals surface area contributed by atoms with Crippen molar-refractivity contribution in [1.29, 1.82) is 0 Å². The first-order chi connectivity index (χ1) is 9.40. The molecule has 20 heavy (non-hydrogen) atoms. The van der Waals surface area contributed by atoms with Gasteiger partial charge in [-0.1, -0.05) is 6.07 Å². The minimum absolute atomic E-state index is 0.0874. The minimum Gasteiger partial charge on any atom is -0.478 e. The summed E-state index contributed by atoms with van der Waals surface area (Å²) in [7, 11) is 0. The number of benzene rings is 2. The van der Waals surface area contributed by atoms with Gasteiger partial charge in [0.15, 0.2) is 0 Å². The van der Waals surface area contributed by atoms with E-state index in [9.17, 15) is 18.4 Å². The molecule has 0 radical (unpaired) electrons. The fourth-order valence-electron chi connectivity index (χ4n) is 1.74. The Hall–Kier alpha value is -2.76. The molecule has 0 amide bonds. The molecule has 0 saturated carbocycles. The van der Waals surface area contributed by atoms with Crippen molar-refractivity contribution >= 4 is 11.9 Å². The molecular formula is C14H8F2O4. The maximum Gasteiger partial charge on any atom is 0.338 e. The van der Waals surface area contributed by atoms with E-state index in [1.54, 1.807) is 0 Å². The molecule has 0 aliphatic rings. The molecule has 2 N–H and O–H groups in total. The molecule has 0 saturated heterocycles. The first-order valence-electron chi connectivity index (χ1n) is 5.46. The van der Waals surface area contributed by atoms with Gasteiger partial charge in [0.1, 0.15) is 11.6 Å². The van der Waals surface area contributed by atoms with Crippen molar-refractivity contribution in [2.45, 2.75) is 0 Å². The van der Waals surface area contributed by atoms with E-state index in [0.29, 0.717) is 0 Å². The van der Waals surface area contributed by atoms with Gasteiger partial charge < -0.3 is 10.2 Å². The van der Waals surface area contributed by atoms with Gasteiger partial charge in [-0.05, 0) is 35.9 Å². The molecule has 0 spiro atoms. The quantitative estimate of drug-likeness (QED) is 0.905. The Morgan fingerprint density at radius 1 is 0.850 bits per heavy atom. The van der Waals surface area contributed by atoms with Crippen LogP contribution in [0.25, 0.3) is 11.1 Å². The summed E-state index contributed by atoms with van der Waals surface area (Å²) < 4.78 is 27.0. The molecular weight excluding hydrogens is 270 g/mol. The minimum atomic E-state index is -1.49. The van der Waals surface area contributed by atoms with Crippen molar-refractivity contribution in [3.8, 4) is 11.1 Å². The van der Waals surface area contributed by atoms with Crippen LogP contribution in [-0.4, -0.2) is 22.2 Å². The molecule has 4 nitrogen and oxygen atoms in total. The van der Waals surface area contributed by atoms with Gasteiger partial charge in [-0.2, -0.15) is 0 Å². The Balaban J connectivity index is 2.62. The first-order valence-corrected chi connectivity index (χ1v) is 5.46. The summed E-state index contributed by atoms with van der Waals surface area (Å²) in [6.45, 7) is 0. The standard InChI is InChI=1S/C14H8F2O4/c15-11-4-2-8(13(17)18)6-9(11)7-1-3-12(16)10(5-7)14(19)20/h1-6H,(H,17,18)(H,19,20). The van der Waals surface area contributed by atoms with Crippen molar-refractivity contribution < 1.29 is 28.6 Å². The maximum absolute atomic E-state index is 13.7. The van der Waals surface area contributed by atoms with E-state index in [1.807, 2.05) is 0 Å². The van der Waals surface area contributed by atoms with Gasteiger partial charge in [-0.15, -0.1) is 0 Å². The summed E-state index contributed by atoms with van der Waals surface area (Å²) in [6.07, 6.45) is 0. The van der Waals surface area contributed by atoms with E-state index >= 15 is 0 Å². The lowest BCUT2D eigenvalue weighted by molar-refractivity contribution is 0.0683. The molecule has 0 heterocycles. The highest BCUT2D eigenvalue weighted by Gasteiger charge is 2.15. The van der Waals surface area contributed by atoms with Crippen molar-refractivity contribution in [3.63, 3.8) is 0 Å². The van der Waals surface area contributed by atoms with Crippen LogP contribution in [0, 0.1) is 11.6 Å². The number of carboxylic acid groups (broad SMARTS) is 2. The zero-order chi connectivity index (χ0) is 14.9. The Kier molecular flexibility index (Phi) is 3.47. The summed E-state index contributed by atoms with van der Waals surface area (Å²) in [5, 5.41) is 17.7. The fourth-order valence-corrected chi connectivity index (χ4v) is 1.74. The highest BCUT2D eigenvalue weighted by molar-refractivity contribution is 5.91. The lowest BCUT2D eigenvalue weighted by Crippen LogP contribution is -2.02. The molecule has 0 fully saturated rings. The molecule has 2 aromatic carbocycles. The molecule has 2 aromatic rings. The maximum atomic E-state index is 13.7. The molecule has 2 rings (SSSR count). The predicted octanol–water partition coefficient (Wildman–Crippen LogP) is 3.03. The third-order valence-electron chi connectivity index (χ3n) is 2.72. The molecule has 0 atom stereocenters. The van der Waals surface area contributed by atoms with E-state index in [1.165, 1.54) is 6.07 Å². The van der Waals surface area contributed by atoms with Gasteiger partial charge in [0.05, 0.1) is 11.1 Å². The number of carbonyl (C=O) groups is 2. The van der Waals surface area contributed by atoms with Crippen molar-refractivity contribution in [2.75, 3.05) is 0 Å². The molecule has 0 aromatic heterocycles. The van der Waals surface area contributed by atoms with Crippen LogP contribution in [0.4, 0.5) is 8.78 Å². The normalized spacial score (nSPS) is 10.3. The molecule has 0 unspecified atom stereocenters. The number of aromatic carboxylic acids is 2. The second-order valence-electron chi connectivity index (χ2n) is 4.00. The average Bonchev–Trinajstić information content (AvgIpc) is 2.39. The van der Waals surface area contributed by atoms with E-state index in [-0.39, 0.29) is 16.7 Å². The summed E-state index contributed by atoms with van der Waals surface area (Å²) in [5.74, 6) is -4.40. The lowest BCUT2D eigenvalue weighted by atomic mass is 10.00. The van der Waals surface area contributed by atoms with Gasteiger partial charge >= 0.3 is 11.9 Å². The highest BCUT2D eigenvalue weighted by atomic mass is 19.1. The van der Waals surface area contributed by atoms with Gasteiger partial charge in [0.25, 0.3) is 0 Å². The number of hydrogen-bond acceptors (Lipinski definition) is 2. The number of carboxylic acids is 2. The van der Waals surface area contributed by atoms with E-state index < -0.39 is 29.1 Å². The molecule has 102 valence electrons. The molecule has 6 heteroatoms. The largest absolute Gasteiger partial charge is 0.478 e. The highest BCUT2D eigenvalue weighted by Crippen LogP contribution is 2.26. The summed E-state index contributed by atoms with van der Waals surface area (Å²) >= 11 is 0. The zero-order valence-electron chi connectivity index (χ0n) is 9.93. The topological polar surface area (TPSA) is 74.6 Å². The van der Waals surface area contributed by atoms with Crippen molar-refractivity contribution in [3.05, 3.63) is 59.2 Å². The van der Waals surface area contributed by atoms with Crippen LogP contribution in [0.15, 0.2) is 36.4 Å². The summed E-state index contributed by atoms with van der Waals surface area (Å²) in [6, 6.07) is 6.15. The molecule has 0 aliphatic heterocycles. The van der Waals surface area contributed by atoms with Crippen LogP contribution >= 0.6 is 0 Å². The smallest absolute Gasteiger partial charge is 0.338 e. The zero-order valence-corrected chi connectivity index (χ0v) is 9.93. The third-order valence-corrected chi connectivity index (χ3v) is 2.72. The first kappa shape index (κ1) is 13.7. The Bertz CT molecular complexity index is 710. The second-order valence-corrected chi connectivity index (χ2v) is 4.00. The van der Waals surface area contributed by atoms with Crippen molar-refractivity contribution in [2.24, 2.45) is 0 Å². The number of rotatable bonds is 3. The second kappa shape index (κ2) is 5.08. The fraction of sp³-hybridized carbons (Fsp3) is 0. The van der Waals surface area contributed by atoms with Gasteiger partial charge in [0, 0.05) is 5.56 Å². The van der Waals surface area contributed by atoms with Crippen LogP contribution in [0.1, 0.15) is 20.7 Å². The van der Waals surface area contributed by atoms with E-state index in [0.717, 1.165) is 30.3 Å². The monoisotopic (exact) mass is 278 g/mol. The van der Waals surface area contributed by atoms with Crippen LogP contribution in [-0.2, 0) is 0 Å². The average molecular weight is 278 g/mol. The van der Waals surface area contributed by atoms with E-state index in [2.05, 4.69) is 0 Å². The van der Waals surface area contributed by atoms with Gasteiger partial charge in [-0.25, -0.2) is 18.4 Å². The summed E-state index contributed by atoms with van der Waals surface area (Å²) in [4.78, 5) is 21.7. The predicted molar refractivity (Wildman–Crippen MR) is 65.7 cm³/mol. The lowest BCUT2D eigenvalue weighted by Gasteiger charge is -2.07. The molecule has 0 aliphatic carbocycles.